The van der Waals surface area contributed by atoms with Gasteiger partial charge in [-0.25, -0.2) is 4.79 Å². The zero-order valence-electron chi connectivity index (χ0n) is 13.1. The number of halogens is 2. The quantitative estimate of drug-likeness (QED) is 0.681. The lowest BCUT2D eigenvalue weighted by molar-refractivity contribution is -0.140. The average molecular weight is 368 g/mol. The van der Waals surface area contributed by atoms with E-state index in [4.69, 9.17) is 9.84 Å². The second-order valence-corrected chi connectivity index (χ2v) is 5.53. The molecule has 0 radical (unpaired) electrons. The predicted molar refractivity (Wildman–Crippen MR) is 82.6 cm³/mol. The lowest BCUT2D eigenvalue weighted by atomic mass is 10.1. The lowest BCUT2D eigenvalue weighted by Gasteiger charge is -2.21. The summed E-state index contributed by atoms with van der Waals surface area (Å²) >= 11 is 0. The van der Waals surface area contributed by atoms with E-state index < -0.39 is 42.6 Å². The number of pyridine rings is 1. The van der Waals surface area contributed by atoms with Crippen LogP contribution in [0.4, 0.5) is 14.6 Å². The van der Waals surface area contributed by atoms with Gasteiger partial charge in [0.15, 0.2) is 6.10 Å². The number of nitrogens with zero attached hydrogens (tertiary/aromatic N) is 3. The van der Waals surface area contributed by atoms with Crippen molar-refractivity contribution in [1.82, 2.24) is 14.5 Å². The number of amides is 1. The highest BCUT2D eigenvalue weighted by molar-refractivity contribution is 6.03. The Hall–Kier alpha value is -2.76. The van der Waals surface area contributed by atoms with Gasteiger partial charge in [-0.2, -0.15) is 13.8 Å². The normalized spacial score (nSPS) is 24.4. The number of ether oxygens (including phenoxy) is 1. The maximum atomic E-state index is 14.1. The van der Waals surface area contributed by atoms with Gasteiger partial charge in [-0.15, -0.1) is 0 Å². The molecule has 3 N–H and O–H groups in total. The Bertz CT molecular complexity index is 861. The Kier molecular flexibility index (Phi) is 4.76. The summed E-state index contributed by atoms with van der Waals surface area (Å²) in [5, 5.41) is 20.8. The first kappa shape index (κ1) is 18.0. The molecule has 26 heavy (non-hydrogen) atoms. The molecule has 0 saturated carbocycles. The van der Waals surface area contributed by atoms with Crippen molar-refractivity contribution in [2.75, 3.05) is 11.9 Å². The van der Waals surface area contributed by atoms with Gasteiger partial charge in [-0.1, -0.05) is 0 Å². The second-order valence-electron chi connectivity index (χ2n) is 5.53. The molecule has 2 aromatic rings. The fourth-order valence-electron chi connectivity index (χ4n) is 2.46. The number of hydrogen-bond acceptors (Lipinski definition) is 7. The molecule has 0 spiro atoms. The van der Waals surface area contributed by atoms with Gasteiger partial charge in [-0.3, -0.25) is 14.3 Å². The monoisotopic (exact) mass is 368 g/mol. The summed E-state index contributed by atoms with van der Waals surface area (Å²) in [6.07, 6.45) is -2.19. The Labute approximate surface area is 144 Å². The van der Waals surface area contributed by atoms with Crippen LogP contribution in [0.2, 0.25) is 0 Å². The number of aliphatic hydroxyl groups is 2. The molecule has 2 aromatic heterocycles. The van der Waals surface area contributed by atoms with E-state index in [2.05, 4.69) is 15.3 Å². The van der Waals surface area contributed by atoms with Crippen LogP contribution in [0.3, 0.4) is 0 Å². The standard InChI is InChI=1S/C15H14F2N4O5/c16-15(17)11(23)9(7-22)26-13(15)21-5-3-10(20-14(21)25)19-12(24)8-2-1-4-18-6-8/h1-6,9,11,13,22-23H,7H2,(H,19,20,24,25)/t9-,11-,13-/m1/s1. The molecule has 0 aliphatic carbocycles. The molecule has 0 bridgehead atoms. The Balaban J connectivity index is 1.82. The zero-order valence-corrected chi connectivity index (χ0v) is 13.1. The first-order valence-electron chi connectivity index (χ1n) is 7.47. The molecule has 1 aliphatic heterocycles. The minimum Gasteiger partial charge on any atom is -0.394 e. The highest BCUT2D eigenvalue weighted by Crippen LogP contribution is 2.41. The lowest BCUT2D eigenvalue weighted by Crippen LogP contribution is -2.41. The molecule has 1 amide bonds. The van der Waals surface area contributed by atoms with Crippen LogP contribution in [0, 0.1) is 0 Å². The summed E-state index contributed by atoms with van der Waals surface area (Å²) in [6.45, 7) is -0.839. The highest BCUT2D eigenvalue weighted by atomic mass is 19.3. The van der Waals surface area contributed by atoms with Crippen molar-refractivity contribution in [3.63, 3.8) is 0 Å². The fourth-order valence-corrected chi connectivity index (χ4v) is 2.46. The molecule has 1 aliphatic rings. The summed E-state index contributed by atoms with van der Waals surface area (Å²) in [6, 6.07) is 4.17. The number of anilines is 1. The first-order chi connectivity index (χ1) is 12.3. The van der Waals surface area contributed by atoms with Gasteiger partial charge in [0.05, 0.1) is 12.2 Å². The topological polar surface area (TPSA) is 127 Å². The number of hydrogen-bond donors (Lipinski definition) is 3. The minimum absolute atomic E-state index is 0.152. The van der Waals surface area contributed by atoms with Gasteiger partial charge in [0.25, 0.3) is 5.91 Å². The first-order valence-corrected chi connectivity index (χ1v) is 7.47. The van der Waals surface area contributed by atoms with Crippen LogP contribution in [-0.4, -0.2) is 55.4 Å². The van der Waals surface area contributed by atoms with Gasteiger partial charge in [0, 0.05) is 18.6 Å². The van der Waals surface area contributed by atoms with Crippen LogP contribution in [0.15, 0.2) is 41.6 Å². The Morgan fingerprint density at radius 3 is 2.77 bits per heavy atom. The summed E-state index contributed by atoms with van der Waals surface area (Å²) in [7, 11) is 0. The van der Waals surface area contributed by atoms with Crippen LogP contribution in [0.1, 0.15) is 16.6 Å². The van der Waals surface area contributed by atoms with Crippen molar-refractivity contribution in [3.05, 3.63) is 52.8 Å². The molecule has 3 rings (SSSR count). The number of alkyl halides is 2. The summed E-state index contributed by atoms with van der Waals surface area (Å²) in [5.41, 5.74) is -0.900. The largest absolute Gasteiger partial charge is 0.394 e. The molecule has 0 aromatic carbocycles. The molecule has 9 nitrogen and oxygen atoms in total. The van der Waals surface area contributed by atoms with Crippen molar-refractivity contribution in [1.29, 1.82) is 0 Å². The van der Waals surface area contributed by atoms with Gasteiger partial charge in [0.1, 0.15) is 11.9 Å². The Morgan fingerprint density at radius 1 is 1.42 bits per heavy atom. The molecule has 3 atom stereocenters. The third-order valence-corrected chi connectivity index (χ3v) is 3.81. The third kappa shape index (κ3) is 3.19. The summed E-state index contributed by atoms with van der Waals surface area (Å²) < 4.78 is 33.5. The van der Waals surface area contributed by atoms with Gasteiger partial charge < -0.3 is 20.3 Å². The molecular formula is C15H14F2N4O5. The van der Waals surface area contributed by atoms with Crippen molar-refractivity contribution < 1.29 is 28.5 Å². The van der Waals surface area contributed by atoms with Gasteiger partial charge in [0.2, 0.25) is 6.23 Å². The van der Waals surface area contributed by atoms with E-state index in [9.17, 15) is 23.5 Å². The smallest absolute Gasteiger partial charge is 0.351 e. The van der Waals surface area contributed by atoms with Crippen LogP contribution in [0.25, 0.3) is 0 Å². The van der Waals surface area contributed by atoms with Crippen LogP contribution >= 0.6 is 0 Å². The van der Waals surface area contributed by atoms with Gasteiger partial charge >= 0.3 is 11.6 Å². The number of aromatic nitrogens is 3. The number of aliphatic hydroxyl groups excluding tert-OH is 2. The number of rotatable bonds is 4. The fraction of sp³-hybridized carbons (Fsp3) is 0.333. The van der Waals surface area contributed by atoms with Gasteiger partial charge in [-0.05, 0) is 18.2 Å². The van der Waals surface area contributed by atoms with E-state index in [1.807, 2.05) is 0 Å². The zero-order chi connectivity index (χ0) is 18.9. The molecule has 1 fully saturated rings. The van der Waals surface area contributed by atoms with E-state index in [1.165, 1.54) is 18.5 Å². The van der Waals surface area contributed by atoms with Crippen molar-refractivity contribution in [2.24, 2.45) is 0 Å². The highest BCUT2D eigenvalue weighted by Gasteiger charge is 2.59. The minimum atomic E-state index is -3.81. The number of carbonyl (C=O) groups excluding carboxylic acids is 1. The average Bonchev–Trinajstić information content (AvgIpc) is 2.85. The van der Waals surface area contributed by atoms with Crippen molar-refractivity contribution in [2.45, 2.75) is 24.4 Å². The molecule has 11 heteroatoms. The maximum Gasteiger partial charge on any atom is 0.351 e. The summed E-state index contributed by atoms with van der Waals surface area (Å²) in [5.74, 6) is -4.54. The van der Waals surface area contributed by atoms with Crippen LogP contribution in [0.5, 0.6) is 0 Å². The molecule has 138 valence electrons. The van der Waals surface area contributed by atoms with Crippen molar-refractivity contribution in [3.8, 4) is 0 Å². The van der Waals surface area contributed by atoms with Crippen LogP contribution < -0.4 is 11.0 Å². The SMILES string of the molecule is O=C(Nc1ccn([C@@H]2O[C@H](CO)[C@@H](O)C2(F)F)c(=O)n1)c1cccnc1. The van der Waals surface area contributed by atoms with Crippen LogP contribution in [-0.2, 0) is 4.74 Å². The molecule has 0 unspecified atom stereocenters. The van der Waals surface area contributed by atoms with E-state index in [-0.39, 0.29) is 11.4 Å². The molecule has 3 heterocycles. The summed E-state index contributed by atoms with van der Waals surface area (Å²) in [4.78, 5) is 31.4. The van der Waals surface area contributed by atoms with E-state index in [1.54, 1.807) is 6.07 Å². The predicted octanol–water partition coefficient (Wildman–Crippen LogP) is -0.224. The second kappa shape index (κ2) is 6.86. The van der Waals surface area contributed by atoms with Crippen molar-refractivity contribution >= 4 is 11.7 Å². The number of nitrogens with one attached hydrogen (secondary N) is 1. The Morgan fingerprint density at radius 2 is 2.19 bits per heavy atom. The molecular weight excluding hydrogens is 354 g/mol. The van der Waals surface area contributed by atoms with E-state index in [0.717, 1.165) is 12.3 Å². The third-order valence-electron chi connectivity index (χ3n) is 3.81. The maximum absolute atomic E-state index is 14.1. The number of carbonyl (C=O) groups is 1. The van der Waals surface area contributed by atoms with E-state index in [0.29, 0.717) is 4.57 Å². The molecule has 1 saturated heterocycles. The van der Waals surface area contributed by atoms with E-state index >= 15 is 0 Å².